The molecule has 1 amide bonds. The standard InChI is InChI=1S/C15H18N2O3/c1-2-12-10-20-13(9-17(12)15(18)19)8-7-11-5-3-4-6-14(11)16/h1,3-6,12-13H,7-10,16H2,(H,18,19)/t12-,13-/m1/s1. The van der Waals surface area contributed by atoms with Gasteiger partial charge in [-0.15, -0.1) is 6.42 Å². The van der Waals surface area contributed by atoms with Crippen LogP contribution in [-0.2, 0) is 11.2 Å². The first kappa shape index (κ1) is 14.2. The lowest BCUT2D eigenvalue weighted by atomic mass is 10.0. The van der Waals surface area contributed by atoms with E-state index < -0.39 is 12.1 Å². The second-order valence-electron chi connectivity index (χ2n) is 4.81. The first-order valence-corrected chi connectivity index (χ1v) is 6.52. The van der Waals surface area contributed by atoms with Gasteiger partial charge in [-0.05, 0) is 24.5 Å². The summed E-state index contributed by atoms with van der Waals surface area (Å²) < 4.78 is 5.64. The molecule has 2 atom stereocenters. The number of rotatable bonds is 3. The van der Waals surface area contributed by atoms with Crippen LogP contribution in [0.2, 0.25) is 0 Å². The molecule has 1 aromatic rings. The summed E-state index contributed by atoms with van der Waals surface area (Å²) in [7, 11) is 0. The lowest BCUT2D eigenvalue weighted by Gasteiger charge is -2.35. The van der Waals surface area contributed by atoms with Gasteiger partial charge in [0.15, 0.2) is 0 Å². The number of para-hydroxylation sites is 1. The summed E-state index contributed by atoms with van der Waals surface area (Å²) in [4.78, 5) is 12.4. The third-order valence-electron chi connectivity index (χ3n) is 3.50. The summed E-state index contributed by atoms with van der Waals surface area (Å²) in [6, 6.07) is 7.16. The highest BCUT2D eigenvalue weighted by atomic mass is 16.5. The fourth-order valence-corrected chi connectivity index (χ4v) is 2.32. The molecule has 1 fully saturated rings. The topological polar surface area (TPSA) is 75.8 Å². The minimum Gasteiger partial charge on any atom is -0.465 e. The summed E-state index contributed by atoms with van der Waals surface area (Å²) in [6.45, 7) is 0.550. The number of nitrogens with two attached hydrogens (primary N) is 1. The minimum atomic E-state index is -1.000. The Hall–Kier alpha value is -2.19. The highest BCUT2D eigenvalue weighted by Crippen LogP contribution is 2.19. The molecule has 0 bridgehead atoms. The monoisotopic (exact) mass is 274 g/mol. The molecular weight excluding hydrogens is 256 g/mol. The number of nitrogens with zero attached hydrogens (tertiary/aromatic N) is 1. The maximum Gasteiger partial charge on any atom is 0.408 e. The number of terminal acetylenes is 1. The molecule has 1 heterocycles. The molecule has 2 rings (SSSR count). The molecule has 0 saturated carbocycles. The Morgan fingerprint density at radius 3 is 2.95 bits per heavy atom. The lowest BCUT2D eigenvalue weighted by molar-refractivity contribution is -0.0419. The zero-order valence-corrected chi connectivity index (χ0v) is 11.2. The zero-order chi connectivity index (χ0) is 14.5. The Morgan fingerprint density at radius 2 is 2.30 bits per heavy atom. The maximum atomic E-state index is 11.2. The molecular formula is C15H18N2O3. The van der Waals surface area contributed by atoms with Gasteiger partial charge in [0.1, 0.15) is 6.04 Å². The number of hydrogen-bond acceptors (Lipinski definition) is 3. The molecule has 3 N–H and O–H groups in total. The van der Waals surface area contributed by atoms with E-state index in [1.54, 1.807) is 0 Å². The van der Waals surface area contributed by atoms with E-state index in [0.717, 1.165) is 24.1 Å². The summed E-state index contributed by atoms with van der Waals surface area (Å²) in [5.74, 6) is 2.44. The summed E-state index contributed by atoms with van der Waals surface area (Å²) >= 11 is 0. The quantitative estimate of drug-likeness (QED) is 0.648. The highest BCUT2D eigenvalue weighted by molar-refractivity contribution is 5.66. The third-order valence-corrected chi connectivity index (χ3v) is 3.50. The number of benzene rings is 1. The molecule has 5 heteroatoms. The van der Waals surface area contributed by atoms with Crippen LogP contribution >= 0.6 is 0 Å². The fraction of sp³-hybridized carbons (Fsp3) is 0.400. The van der Waals surface area contributed by atoms with E-state index in [4.69, 9.17) is 22.0 Å². The van der Waals surface area contributed by atoms with E-state index in [1.165, 1.54) is 4.90 Å². The number of hydrogen-bond donors (Lipinski definition) is 2. The molecule has 1 saturated heterocycles. The van der Waals surface area contributed by atoms with Crippen molar-refractivity contribution in [3.63, 3.8) is 0 Å². The molecule has 106 valence electrons. The molecule has 0 spiro atoms. The van der Waals surface area contributed by atoms with E-state index in [-0.39, 0.29) is 12.7 Å². The zero-order valence-electron chi connectivity index (χ0n) is 11.2. The van der Waals surface area contributed by atoms with Gasteiger partial charge in [-0.2, -0.15) is 0 Å². The summed E-state index contributed by atoms with van der Waals surface area (Å²) in [5, 5.41) is 9.14. The van der Waals surface area contributed by atoms with Gasteiger partial charge >= 0.3 is 6.09 Å². The SMILES string of the molecule is C#C[C@@H]1CO[C@H](CCc2ccccc2N)CN1C(=O)O. The molecule has 1 aliphatic heterocycles. The van der Waals surface area contributed by atoms with E-state index >= 15 is 0 Å². The van der Waals surface area contributed by atoms with Crippen LogP contribution in [0.25, 0.3) is 0 Å². The van der Waals surface area contributed by atoms with Crippen molar-refractivity contribution in [3.05, 3.63) is 29.8 Å². The van der Waals surface area contributed by atoms with Crippen molar-refractivity contribution < 1.29 is 14.6 Å². The first-order valence-electron chi connectivity index (χ1n) is 6.52. The van der Waals surface area contributed by atoms with Crippen LogP contribution in [0.5, 0.6) is 0 Å². The average Bonchev–Trinajstić information content (AvgIpc) is 2.46. The predicted octanol–water partition coefficient (Wildman–Crippen LogP) is 1.58. The maximum absolute atomic E-state index is 11.2. The van der Waals surface area contributed by atoms with E-state index in [2.05, 4.69) is 5.92 Å². The molecule has 0 aliphatic carbocycles. The van der Waals surface area contributed by atoms with Gasteiger partial charge in [-0.1, -0.05) is 24.1 Å². The molecule has 0 aromatic heterocycles. The van der Waals surface area contributed by atoms with E-state index in [1.807, 2.05) is 24.3 Å². The van der Waals surface area contributed by atoms with Gasteiger partial charge in [0.05, 0.1) is 19.3 Å². The highest BCUT2D eigenvalue weighted by Gasteiger charge is 2.30. The van der Waals surface area contributed by atoms with Crippen LogP contribution in [0.15, 0.2) is 24.3 Å². The van der Waals surface area contributed by atoms with Crippen molar-refractivity contribution in [2.24, 2.45) is 0 Å². The smallest absolute Gasteiger partial charge is 0.408 e. The molecule has 0 radical (unpaired) electrons. The molecule has 5 nitrogen and oxygen atoms in total. The van der Waals surface area contributed by atoms with E-state index in [9.17, 15) is 4.79 Å². The van der Waals surface area contributed by atoms with Crippen molar-refractivity contribution in [1.82, 2.24) is 4.90 Å². The van der Waals surface area contributed by atoms with Crippen molar-refractivity contribution in [2.75, 3.05) is 18.9 Å². The number of nitrogen functional groups attached to an aromatic ring is 1. The Labute approximate surface area is 118 Å². The molecule has 20 heavy (non-hydrogen) atoms. The number of morpholine rings is 1. The van der Waals surface area contributed by atoms with Crippen LogP contribution in [0.1, 0.15) is 12.0 Å². The number of ether oxygens (including phenoxy) is 1. The second kappa shape index (κ2) is 6.31. The van der Waals surface area contributed by atoms with E-state index in [0.29, 0.717) is 6.54 Å². The minimum absolute atomic E-state index is 0.143. The number of carboxylic acid groups (broad SMARTS) is 1. The lowest BCUT2D eigenvalue weighted by Crippen LogP contribution is -2.51. The van der Waals surface area contributed by atoms with Crippen LogP contribution in [0, 0.1) is 12.3 Å². The normalized spacial score (nSPS) is 22.2. The number of aryl methyl sites for hydroxylation is 1. The Bertz CT molecular complexity index is 524. The Morgan fingerprint density at radius 1 is 1.55 bits per heavy atom. The predicted molar refractivity (Wildman–Crippen MR) is 76.3 cm³/mol. The number of anilines is 1. The fourth-order valence-electron chi connectivity index (χ4n) is 2.32. The van der Waals surface area contributed by atoms with Gasteiger partial charge in [-0.25, -0.2) is 4.79 Å². The second-order valence-corrected chi connectivity index (χ2v) is 4.81. The largest absolute Gasteiger partial charge is 0.465 e. The van der Waals surface area contributed by atoms with Crippen LogP contribution in [-0.4, -0.2) is 41.4 Å². The van der Waals surface area contributed by atoms with Gasteiger partial charge in [-0.3, -0.25) is 4.90 Å². The van der Waals surface area contributed by atoms with Gasteiger partial charge in [0, 0.05) is 5.69 Å². The average molecular weight is 274 g/mol. The van der Waals surface area contributed by atoms with Gasteiger partial charge in [0.2, 0.25) is 0 Å². The Kier molecular flexibility index (Phi) is 4.49. The van der Waals surface area contributed by atoms with Crippen molar-refractivity contribution in [3.8, 4) is 12.3 Å². The first-order chi connectivity index (χ1) is 9.61. The van der Waals surface area contributed by atoms with Crippen molar-refractivity contribution in [1.29, 1.82) is 0 Å². The molecule has 1 aromatic carbocycles. The number of amides is 1. The summed E-state index contributed by atoms with van der Waals surface area (Å²) in [5.41, 5.74) is 7.69. The molecule has 1 aliphatic rings. The van der Waals surface area contributed by atoms with Gasteiger partial charge in [0.25, 0.3) is 0 Å². The molecule has 0 unspecified atom stereocenters. The Balaban J connectivity index is 1.93. The van der Waals surface area contributed by atoms with Crippen LogP contribution in [0.3, 0.4) is 0 Å². The third kappa shape index (κ3) is 3.22. The number of carbonyl (C=O) groups is 1. The van der Waals surface area contributed by atoms with Crippen LogP contribution < -0.4 is 5.73 Å². The summed E-state index contributed by atoms with van der Waals surface area (Å²) in [6.07, 6.45) is 5.64. The van der Waals surface area contributed by atoms with Crippen LogP contribution in [0.4, 0.5) is 10.5 Å². The van der Waals surface area contributed by atoms with Gasteiger partial charge < -0.3 is 15.6 Å². The van der Waals surface area contributed by atoms with Crippen molar-refractivity contribution >= 4 is 11.8 Å². The van der Waals surface area contributed by atoms with Crippen molar-refractivity contribution in [2.45, 2.75) is 25.0 Å².